The van der Waals surface area contributed by atoms with E-state index >= 15 is 0 Å². The number of piperidine rings is 1. The van der Waals surface area contributed by atoms with Gasteiger partial charge in [0, 0.05) is 37.1 Å². The highest BCUT2D eigenvalue weighted by atomic mass is 19.1. The second kappa shape index (κ2) is 7.05. The van der Waals surface area contributed by atoms with Crippen LogP contribution in [0.4, 0.5) is 4.39 Å². The van der Waals surface area contributed by atoms with Crippen molar-refractivity contribution in [3.8, 4) is 11.4 Å². The van der Waals surface area contributed by atoms with Crippen LogP contribution in [0.5, 0.6) is 0 Å². The Labute approximate surface area is 140 Å². The number of amides is 1. The largest absolute Gasteiger partial charge is 0.334 e. The molecular formula is C18H21FN4O. The predicted molar refractivity (Wildman–Crippen MR) is 89.7 cm³/mol. The lowest BCUT2D eigenvalue weighted by Crippen LogP contribution is -2.51. The molecule has 1 aliphatic heterocycles. The maximum absolute atomic E-state index is 13.7. The third-order valence-corrected chi connectivity index (χ3v) is 4.64. The second-order valence-electron chi connectivity index (χ2n) is 6.18. The fraction of sp³-hybridized carbons (Fsp3) is 0.389. The van der Waals surface area contributed by atoms with Crippen LogP contribution in [0.3, 0.4) is 0 Å². The van der Waals surface area contributed by atoms with E-state index in [4.69, 9.17) is 5.73 Å². The molecule has 1 aromatic carbocycles. The van der Waals surface area contributed by atoms with Crippen molar-refractivity contribution < 1.29 is 9.18 Å². The van der Waals surface area contributed by atoms with Gasteiger partial charge in [-0.05, 0) is 43.0 Å². The Morgan fingerprint density at radius 3 is 2.83 bits per heavy atom. The van der Waals surface area contributed by atoms with Crippen LogP contribution < -0.4 is 5.73 Å². The van der Waals surface area contributed by atoms with E-state index in [1.54, 1.807) is 18.5 Å². The molecule has 1 amide bonds. The van der Waals surface area contributed by atoms with Crippen LogP contribution in [0.2, 0.25) is 0 Å². The molecule has 3 rings (SSSR count). The Bertz CT molecular complexity index is 722. The zero-order valence-electron chi connectivity index (χ0n) is 13.7. The number of carbonyl (C=O) groups is 1. The van der Waals surface area contributed by atoms with Gasteiger partial charge in [-0.3, -0.25) is 4.79 Å². The number of nitrogens with zero attached hydrogens (tertiary/aromatic N) is 3. The predicted octanol–water partition coefficient (Wildman–Crippen LogP) is 2.48. The Kier molecular flexibility index (Phi) is 4.85. The summed E-state index contributed by atoms with van der Waals surface area (Å²) in [7, 11) is 0. The number of halogens is 1. The van der Waals surface area contributed by atoms with E-state index in [0.717, 1.165) is 12.8 Å². The van der Waals surface area contributed by atoms with Gasteiger partial charge in [-0.25, -0.2) is 14.4 Å². The quantitative estimate of drug-likeness (QED) is 0.939. The summed E-state index contributed by atoms with van der Waals surface area (Å²) in [6.45, 7) is 3.20. The summed E-state index contributed by atoms with van der Waals surface area (Å²) in [4.78, 5) is 23.2. The summed E-state index contributed by atoms with van der Waals surface area (Å²) < 4.78 is 13.7. The first-order valence-electron chi connectivity index (χ1n) is 8.19. The van der Waals surface area contributed by atoms with Crippen molar-refractivity contribution in [2.45, 2.75) is 25.8 Å². The number of carbonyl (C=O) groups excluding carboxylic acids is 1. The molecule has 0 saturated carbocycles. The first kappa shape index (κ1) is 16.5. The van der Waals surface area contributed by atoms with E-state index in [9.17, 15) is 9.18 Å². The van der Waals surface area contributed by atoms with Gasteiger partial charge < -0.3 is 10.6 Å². The van der Waals surface area contributed by atoms with Gasteiger partial charge >= 0.3 is 0 Å². The van der Waals surface area contributed by atoms with E-state index in [-0.39, 0.29) is 11.9 Å². The molecule has 0 bridgehead atoms. The normalized spacial score (nSPS) is 20.9. The lowest BCUT2D eigenvalue weighted by Gasteiger charge is -2.39. The first-order chi connectivity index (χ1) is 11.6. The van der Waals surface area contributed by atoms with Crippen molar-refractivity contribution >= 4 is 5.91 Å². The molecule has 2 heterocycles. The van der Waals surface area contributed by atoms with Crippen LogP contribution in [0.15, 0.2) is 36.7 Å². The third-order valence-electron chi connectivity index (χ3n) is 4.64. The Hall–Kier alpha value is -2.34. The molecule has 2 aromatic rings. The summed E-state index contributed by atoms with van der Waals surface area (Å²) >= 11 is 0. The minimum atomic E-state index is -0.420. The average molecular weight is 328 g/mol. The Morgan fingerprint density at radius 1 is 1.38 bits per heavy atom. The third kappa shape index (κ3) is 3.14. The number of benzene rings is 1. The van der Waals surface area contributed by atoms with Gasteiger partial charge in [-0.15, -0.1) is 0 Å². The molecule has 0 spiro atoms. The molecule has 6 heteroatoms. The van der Waals surface area contributed by atoms with E-state index < -0.39 is 5.82 Å². The Balaban J connectivity index is 2.01. The maximum atomic E-state index is 13.7. The zero-order valence-corrected chi connectivity index (χ0v) is 13.7. The molecule has 5 nitrogen and oxygen atoms in total. The lowest BCUT2D eigenvalue weighted by atomic mass is 9.90. The summed E-state index contributed by atoms with van der Waals surface area (Å²) in [5.41, 5.74) is 6.72. The van der Waals surface area contributed by atoms with Crippen LogP contribution in [-0.2, 0) is 0 Å². The van der Waals surface area contributed by atoms with Crippen LogP contribution in [0.25, 0.3) is 11.4 Å². The van der Waals surface area contributed by atoms with Crippen molar-refractivity contribution in [1.29, 1.82) is 0 Å². The van der Waals surface area contributed by atoms with E-state index in [1.165, 1.54) is 18.2 Å². The highest BCUT2D eigenvalue weighted by Gasteiger charge is 2.32. The molecule has 24 heavy (non-hydrogen) atoms. The van der Waals surface area contributed by atoms with Gasteiger partial charge in [0.05, 0.1) is 5.56 Å². The highest BCUT2D eigenvalue weighted by molar-refractivity contribution is 6.00. The van der Waals surface area contributed by atoms with E-state index in [2.05, 4.69) is 16.9 Å². The minimum Gasteiger partial charge on any atom is -0.334 e. The minimum absolute atomic E-state index is 0.000782. The van der Waals surface area contributed by atoms with Crippen LogP contribution in [-0.4, -0.2) is 39.9 Å². The van der Waals surface area contributed by atoms with Gasteiger partial charge in [0.1, 0.15) is 5.82 Å². The number of likely N-dealkylation sites (tertiary alicyclic amines) is 1. The molecule has 1 fully saturated rings. The van der Waals surface area contributed by atoms with Gasteiger partial charge in [-0.2, -0.15) is 0 Å². The van der Waals surface area contributed by atoms with E-state index in [1.807, 2.05) is 4.90 Å². The van der Waals surface area contributed by atoms with Gasteiger partial charge in [0.15, 0.2) is 5.82 Å². The molecule has 1 aliphatic rings. The molecule has 126 valence electrons. The Morgan fingerprint density at radius 2 is 2.12 bits per heavy atom. The highest BCUT2D eigenvalue weighted by Crippen LogP contribution is 2.28. The fourth-order valence-corrected chi connectivity index (χ4v) is 3.34. The van der Waals surface area contributed by atoms with Gasteiger partial charge in [0.25, 0.3) is 5.91 Å². The lowest BCUT2D eigenvalue weighted by molar-refractivity contribution is 0.0533. The number of hydrogen-bond acceptors (Lipinski definition) is 4. The van der Waals surface area contributed by atoms with Crippen LogP contribution in [0.1, 0.15) is 30.1 Å². The fourth-order valence-electron chi connectivity index (χ4n) is 3.34. The average Bonchev–Trinajstić information content (AvgIpc) is 2.61. The summed E-state index contributed by atoms with van der Waals surface area (Å²) in [6, 6.07) is 5.80. The van der Waals surface area contributed by atoms with Gasteiger partial charge in [-0.1, -0.05) is 6.92 Å². The first-order valence-corrected chi connectivity index (χ1v) is 8.19. The molecule has 0 aliphatic carbocycles. The van der Waals surface area contributed by atoms with Crippen molar-refractivity contribution in [3.63, 3.8) is 0 Å². The van der Waals surface area contributed by atoms with Crippen molar-refractivity contribution in [3.05, 3.63) is 48.0 Å². The number of aromatic nitrogens is 2. The smallest absolute Gasteiger partial charge is 0.254 e. The van der Waals surface area contributed by atoms with Crippen molar-refractivity contribution in [1.82, 2.24) is 14.9 Å². The summed E-state index contributed by atoms with van der Waals surface area (Å²) in [5, 5.41) is 0. The summed E-state index contributed by atoms with van der Waals surface area (Å²) in [6.07, 6.45) is 5.16. The molecule has 1 unspecified atom stereocenters. The SMILES string of the molecule is C[C@@H]1CCCN(C(=O)c2ccc(F)cc2-c2ncccn2)C1CN. The number of rotatable bonds is 3. The molecule has 0 radical (unpaired) electrons. The molecule has 2 atom stereocenters. The molecule has 1 saturated heterocycles. The number of hydrogen-bond donors (Lipinski definition) is 1. The second-order valence-corrected chi connectivity index (χ2v) is 6.18. The monoisotopic (exact) mass is 328 g/mol. The molecule has 1 aromatic heterocycles. The summed E-state index contributed by atoms with van der Waals surface area (Å²) in [5.74, 6) is 0.134. The molecule has 2 N–H and O–H groups in total. The van der Waals surface area contributed by atoms with Crippen molar-refractivity contribution in [2.75, 3.05) is 13.1 Å². The van der Waals surface area contributed by atoms with Crippen LogP contribution >= 0.6 is 0 Å². The topological polar surface area (TPSA) is 72.1 Å². The van der Waals surface area contributed by atoms with Gasteiger partial charge in [0.2, 0.25) is 0 Å². The maximum Gasteiger partial charge on any atom is 0.254 e. The van der Waals surface area contributed by atoms with E-state index in [0.29, 0.717) is 36.0 Å². The van der Waals surface area contributed by atoms with Crippen molar-refractivity contribution in [2.24, 2.45) is 11.7 Å². The zero-order chi connectivity index (χ0) is 17.1. The molecular weight excluding hydrogens is 307 g/mol. The standard InChI is InChI=1S/C18H21FN4O/c1-12-4-2-9-23(16(12)11-20)18(24)14-6-5-13(19)10-15(14)17-21-7-3-8-22-17/h3,5-8,10,12,16H,2,4,9,11,20H2,1H3/t12-,16?/m1/s1. The van der Waals surface area contributed by atoms with Crippen LogP contribution in [0, 0.1) is 11.7 Å². The number of nitrogens with two attached hydrogens (primary N) is 1.